The first kappa shape index (κ1) is 12.7. The van der Waals surface area contributed by atoms with E-state index in [0.29, 0.717) is 5.52 Å². The molecule has 19 heavy (non-hydrogen) atoms. The van der Waals surface area contributed by atoms with E-state index in [-0.39, 0.29) is 24.2 Å². The SMILES string of the molecule is NC(=O)NCCn1c(=O)[nH]c2c(C(=O)O)cccc21. The van der Waals surface area contributed by atoms with Crippen LogP contribution in [0.2, 0.25) is 0 Å². The summed E-state index contributed by atoms with van der Waals surface area (Å²) in [4.78, 5) is 35.8. The van der Waals surface area contributed by atoms with E-state index in [1.807, 2.05) is 0 Å². The van der Waals surface area contributed by atoms with Crippen molar-refractivity contribution in [3.8, 4) is 0 Å². The Morgan fingerprint density at radius 3 is 2.79 bits per heavy atom. The maximum Gasteiger partial charge on any atom is 0.337 e. The smallest absolute Gasteiger partial charge is 0.337 e. The number of carboxylic acid groups (broad SMARTS) is 1. The molecule has 2 rings (SSSR count). The molecule has 0 atom stereocenters. The molecule has 5 N–H and O–H groups in total. The summed E-state index contributed by atoms with van der Waals surface area (Å²) in [5.74, 6) is -1.12. The number of aromatic carboxylic acids is 1. The third kappa shape index (κ3) is 2.41. The number of hydrogen-bond acceptors (Lipinski definition) is 3. The molecule has 1 aromatic carbocycles. The molecule has 100 valence electrons. The summed E-state index contributed by atoms with van der Waals surface area (Å²) in [6, 6.07) is 3.91. The first-order chi connectivity index (χ1) is 9.00. The zero-order valence-corrected chi connectivity index (χ0v) is 9.84. The van der Waals surface area contributed by atoms with E-state index in [4.69, 9.17) is 10.8 Å². The quantitative estimate of drug-likeness (QED) is 0.603. The molecule has 2 aromatic rings. The minimum absolute atomic E-state index is 0.0243. The molecule has 0 saturated carbocycles. The zero-order valence-electron chi connectivity index (χ0n) is 9.84. The fourth-order valence-electron chi connectivity index (χ4n) is 1.87. The predicted octanol–water partition coefficient (Wildman–Crippen LogP) is -0.304. The Morgan fingerprint density at radius 1 is 1.42 bits per heavy atom. The van der Waals surface area contributed by atoms with Gasteiger partial charge in [0.05, 0.1) is 16.6 Å². The topological polar surface area (TPSA) is 130 Å². The number of para-hydroxylation sites is 1. The standard InChI is InChI=1S/C11H12N4O4/c12-10(18)13-4-5-15-7-3-1-2-6(9(16)17)8(7)14-11(15)19/h1-3H,4-5H2,(H,14,19)(H,16,17)(H3,12,13,18). The molecular formula is C11H12N4O4. The number of hydrogen-bond donors (Lipinski definition) is 4. The lowest BCUT2D eigenvalue weighted by atomic mass is 10.2. The summed E-state index contributed by atoms with van der Waals surface area (Å²) in [7, 11) is 0. The van der Waals surface area contributed by atoms with Gasteiger partial charge >= 0.3 is 17.7 Å². The number of imidazole rings is 1. The molecule has 0 unspecified atom stereocenters. The van der Waals surface area contributed by atoms with Gasteiger partial charge < -0.3 is 21.1 Å². The fourth-order valence-corrected chi connectivity index (χ4v) is 1.87. The number of aromatic amines is 1. The summed E-state index contributed by atoms with van der Waals surface area (Å²) in [6.45, 7) is 0.379. The van der Waals surface area contributed by atoms with Gasteiger partial charge in [0.1, 0.15) is 0 Å². The molecule has 1 aromatic heterocycles. The van der Waals surface area contributed by atoms with Crippen molar-refractivity contribution in [3.05, 3.63) is 34.2 Å². The molecule has 0 bridgehead atoms. The van der Waals surface area contributed by atoms with Crippen LogP contribution in [0.4, 0.5) is 4.79 Å². The zero-order chi connectivity index (χ0) is 14.0. The number of aromatic nitrogens is 2. The lowest BCUT2D eigenvalue weighted by Gasteiger charge is -2.04. The summed E-state index contributed by atoms with van der Waals surface area (Å²) in [6.07, 6.45) is 0. The van der Waals surface area contributed by atoms with Crippen molar-refractivity contribution in [2.24, 2.45) is 5.73 Å². The molecule has 0 saturated heterocycles. The summed E-state index contributed by atoms with van der Waals surface area (Å²) in [5.41, 5.74) is 5.24. The van der Waals surface area contributed by atoms with E-state index in [1.165, 1.54) is 10.6 Å². The Balaban J connectivity index is 2.42. The number of amides is 2. The maximum absolute atomic E-state index is 11.8. The van der Waals surface area contributed by atoms with E-state index in [1.54, 1.807) is 12.1 Å². The van der Waals surface area contributed by atoms with Crippen molar-refractivity contribution in [3.63, 3.8) is 0 Å². The highest BCUT2D eigenvalue weighted by atomic mass is 16.4. The van der Waals surface area contributed by atoms with Crippen molar-refractivity contribution < 1.29 is 14.7 Å². The highest BCUT2D eigenvalue weighted by Gasteiger charge is 2.13. The first-order valence-corrected chi connectivity index (χ1v) is 5.49. The minimum atomic E-state index is -1.12. The number of urea groups is 1. The third-order valence-corrected chi connectivity index (χ3v) is 2.68. The van der Waals surface area contributed by atoms with Gasteiger partial charge in [0.25, 0.3) is 0 Å². The van der Waals surface area contributed by atoms with Gasteiger partial charge in [-0.2, -0.15) is 0 Å². The number of primary amides is 1. The van der Waals surface area contributed by atoms with Crippen LogP contribution in [0, 0.1) is 0 Å². The monoisotopic (exact) mass is 264 g/mol. The van der Waals surface area contributed by atoms with Crippen LogP contribution in [-0.2, 0) is 6.54 Å². The Labute approximate surface area is 106 Å². The Hall–Kier alpha value is -2.77. The van der Waals surface area contributed by atoms with E-state index in [0.717, 1.165) is 0 Å². The number of rotatable bonds is 4. The molecule has 1 heterocycles. The number of nitrogens with one attached hydrogen (secondary N) is 2. The molecule has 8 heteroatoms. The van der Waals surface area contributed by atoms with Crippen LogP contribution in [0.25, 0.3) is 11.0 Å². The Morgan fingerprint density at radius 2 is 2.16 bits per heavy atom. The van der Waals surface area contributed by atoms with Gasteiger partial charge in [-0.05, 0) is 12.1 Å². The van der Waals surface area contributed by atoms with Gasteiger partial charge in [0.15, 0.2) is 0 Å². The van der Waals surface area contributed by atoms with Gasteiger partial charge in [-0.1, -0.05) is 6.07 Å². The van der Waals surface area contributed by atoms with Gasteiger partial charge in [0.2, 0.25) is 0 Å². The molecule has 0 aliphatic rings. The lowest BCUT2D eigenvalue weighted by molar-refractivity contribution is 0.0699. The lowest BCUT2D eigenvalue weighted by Crippen LogP contribution is -2.33. The fraction of sp³-hybridized carbons (Fsp3) is 0.182. The predicted molar refractivity (Wildman–Crippen MR) is 67.1 cm³/mol. The van der Waals surface area contributed by atoms with Crippen molar-refractivity contribution in [1.82, 2.24) is 14.9 Å². The Kier molecular flexibility index (Phi) is 3.23. The van der Waals surface area contributed by atoms with Crippen LogP contribution < -0.4 is 16.7 Å². The van der Waals surface area contributed by atoms with Gasteiger partial charge in [-0.3, -0.25) is 4.57 Å². The molecule has 0 spiro atoms. The van der Waals surface area contributed by atoms with Crippen LogP contribution in [0.15, 0.2) is 23.0 Å². The van der Waals surface area contributed by atoms with Gasteiger partial charge in [-0.25, -0.2) is 14.4 Å². The average Bonchev–Trinajstić information content (AvgIpc) is 2.65. The van der Waals surface area contributed by atoms with E-state index >= 15 is 0 Å². The van der Waals surface area contributed by atoms with Crippen molar-refractivity contribution in [2.45, 2.75) is 6.54 Å². The second-order valence-corrected chi connectivity index (χ2v) is 3.88. The van der Waals surface area contributed by atoms with Crippen molar-refractivity contribution in [1.29, 1.82) is 0 Å². The third-order valence-electron chi connectivity index (χ3n) is 2.68. The first-order valence-electron chi connectivity index (χ1n) is 5.49. The number of nitrogens with two attached hydrogens (primary N) is 1. The number of carbonyl (C=O) groups is 2. The minimum Gasteiger partial charge on any atom is -0.478 e. The molecule has 0 aliphatic heterocycles. The molecule has 0 aliphatic carbocycles. The normalized spacial score (nSPS) is 10.5. The van der Waals surface area contributed by atoms with Gasteiger partial charge in [-0.15, -0.1) is 0 Å². The van der Waals surface area contributed by atoms with E-state index < -0.39 is 17.7 Å². The van der Waals surface area contributed by atoms with Crippen LogP contribution >= 0.6 is 0 Å². The highest BCUT2D eigenvalue weighted by molar-refractivity contribution is 6.00. The van der Waals surface area contributed by atoms with Crippen LogP contribution in [0.1, 0.15) is 10.4 Å². The molecule has 2 amide bonds. The van der Waals surface area contributed by atoms with Crippen LogP contribution in [0.5, 0.6) is 0 Å². The number of carboxylic acids is 1. The molecule has 0 radical (unpaired) electrons. The summed E-state index contributed by atoms with van der Waals surface area (Å²) in [5, 5.41) is 11.4. The largest absolute Gasteiger partial charge is 0.478 e. The number of fused-ring (bicyclic) bond motifs is 1. The summed E-state index contributed by atoms with van der Waals surface area (Å²) < 4.78 is 1.34. The maximum atomic E-state index is 11.8. The number of carbonyl (C=O) groups excluding carboxylic acids is 1. The van der Waals surface area contributed by atoms with Crippen LogP contribution in [0.3, 0.4) is 0 Å². The second kappa shape index (κ2) is 4.84. The van der Waals surface area contributed by atoms with Gasteiger partial charge in [0, 0.05) is 13.1 Å². The Bertz CT molecular complexity index is 700. The summed E-state index contributed by atoms with van der Waals surface area (Å²) >= 11 is 0. The average molecular weight is 264 g/mol. The van der Waals surface area contributed by atoms with E-state index in [2.05, 4.69) is 10.3 Å². The number of benzene rings is 1. The number of H-pyrrole nitrogens is 1. The van der Waals surface area contributed by atoms with Crippen molar-refractivity contribution in [2.75, 3.05) is 6.54 Å². The molecular weight excluding hydrogens is 252 g/mol. The van der Waals surface area contributed by atoms with Crippen LogP contribution in [-0.4, -0.2) is 33.2 Å². The second-order valence-electron chi connectivity index (χ2n) is 3.88. The highest BCUT2D eigenvalue weighted by Crippen LogP contribution is 2.15. The number of nitrogens with zero attached hydrogens (tertiary/aromatic N) is 1. The molecule has 8 nitrogen and oxygen atoms in total. The van der Waals surface area contributed by atoms with Crippen molar-refractivity contribution >= 4 is 23.0 Å². The molecule has 0 fully saturated rings. The van der Waals surface area contributed by atoms with E-state index in [9.17, 15) is 14.4 Å².